The van der Waals surface area contributed by atoms with Crippen LogP contribution in [0.1, 0.15) is 0 Å². The van der Waals surface area contributed by atoms with Gasteiger partial charge in [-0.2, -0.15) is 0 Å². The molecule has 0 spiro atoms. The van der Waals surface area contributed by atoms with Crippen LogP contribution in [-0.2, 0) is 4.79 Å². The summed E-state index contributed by atoms with van der Waals surface area (Å²) in [5.41, 5.74) is -0.591. The van der Waals surface area contributed by atoms with E-state index in [0.29, 0.717) is 4.90 Å². The van der Waals surface area contributed by atoms with Gasteiger partial charge in [-0.25, -0.2) is 13.6 Å². The Morgan fingerprint density at radius 1 is 1.37 bits per heavy atom. The van der Waals surface area contributed by atoms with Crippen molar-refractivity contribution in [1.82, 2.24) is 0 Å². The standard InChI is InChI=1S/C11H10F2N2O4/c12-6-1-2-7-10(9(6)13)15(11(18)19)5-8(17)14(7)3-4-16/h1-2,16H,3-5H2,(H,18,19). The number of hydrogen-bond donors (Lipinski definition) is 2. The Morgan fingerprint density at radius 3 is 2.63 bits per heavy atom. The molecule has 1 aliphatic heterocycles. The molecule has 0 saturated heterocycles. The Kier molecular flexibility index (Phi) is 3.34. The highest BCUT2D eigenvalue weighted by atomic mass is 19.2. The molecule has 1 heterocycles. The van der Waals surface area contributed by atoms with Gasteiger partial charge in [-0.1, -0.05) is 0 Å². The van der Waals surface area contributed by atoms with E-state index in [4.69, 9.17) is 10.2 Å². The zero-order chi connectivity index (χ0) is 14.2. The number of β-amino-alcohol motifs (C(OH)–C–C–N with tert-alkyl or cyclic N) is 1. The highest BCUT2D eigenvalue weighted by Crippen LogP contribution is 2.36. The second kappa shape index (κ2) is 4.81. The number of benzene rings is 1. The van der Waals surface area contributed by atoms with Gasteiger partial charge >= 0.3 is 6.09 Å². The summed E-state index contributed by atoms with van der Waals surface area (Å²) in [5, 5.41) is 17.8. The molecule has 0 fully saturated rings. The number of carbonyl (C=O) groups is 2. The van der Waals surface area contributed by atoms with Gasteiger partial charge in [0, 0.05) is 6.54 Å². The molecule has 2 N–H and O–H groups in total. The van der Waals surface area contributed by atoms with E-state index < -0.39 is 35.9 Å². The van der Waals surface area contributed by atoms with Crippen LogP contribution in [0, 0.1) is 11.6 Å². The van der Waals surface area contributed by atoms with Crippen molar-refractivity contribution >= 4 is 23.4 Å². The number of nitrogens with zero attached hydrogens (tertiary/aromatic N) is 2. The summed E-state index contributed by atoms with van der Waals surface area (Å²) < 4.78 is 27.0. The number of carbonyl (C=O) groups excluding carboxylic acids is 1. The molecule has 0 saturated carbocycles. The van der Waals surface area contributed by atoms with E-state index in [1.54, 1.807) is 0 Å². The topological polar surface area (TPSA) is 81.1 Å². The molecular weight excluding hydrogens is 262 g/mol. The summed E-state index contributed by atoms with van der Waals surface area (Å²) in [6, 6.07) is 1.91. The van der Waals surface area contributed by atoms with Crippen molar-refractivity contribution in [1.29, 1.82) is 0 Å². The highest BCUT2D eigenvalue weighted by molar-refractivity contribution is 6.09. The average Bonchev–Trinajstić information content (AvgIpc) is 2.36. The van der Waals surface area contributed by atoms with E-state index in [1.807, 2.05) is 0 Å². The lowest BCUT2D eigenvalue weighted by atomic mass is 10.1. The minimum Gasteiger partial charge on any atom is -0.465 e. The van der Waals surface area contributed by atoms with E-state index in [1.165, 1.54) is 0 Å². The lowest BCUT2D eigenvalue weighted by Crippen LogP contribution is -2.49. The molecule has 2 amide bonds. The van der Waals surface area contributed by atoms with E-state index in [9.17, 15) is 18.4 Å². The number of hydrogen-bond acceptors (Lipinski definition) is 3. The number of fused-ring (bicyclic) bond motifs is 1. The Bertz CT molecular complexity index is 550. The summed E-state index contributed by atoms with van der Waals surface area (Å²) in [7, 11) is 0. The lowest BCUT2D eigenvalue weighted by Gasteiger charge is -2.34. The van der Waals surface area contributed by atoms with Crippen molar-refractivity contribution in [3.8, 4) is 0 Å². The molecule has 1 aliphatic rings. The van der Waals surface area contributed by atoms with Gasteiger partial charge in [0.05, 0.1) is 12.3 Å². The van der Waals surface area contributed by atoms with Crippen molar-refractivity contribution in [3.05, 3.63) is 23.8 Å². The molecule has 0 radical (unpaired) electrons. The predicted molar refractivity (Wildman–Crippen MR) is 61.2 cm³/mol. The van der Waals surface area contributed by atoms with Crippen LogP contribution in [0.4, 0.5) is 25.0 Å². The second-order valence-electron chi connectivity index (χ2n) is 3.87. The third kappa shape index (κ3) is 2.10. The number of amides is 2. The molecule has 0 unspecified atom stereocenters. The third-order valence-electron chi connectivity index (χ3n) is 2.76. The maximum absolute atomic E-state index is 13.8. The van der Waals surface area contributed by atoms with Crippen LogP contribution in [0.25, 0.3) is 0 Å². The van der Waals surface area contributed by atoms with Crippen molar-refractivity contribution in [3.63, 3.8) is 0 Å². The minimum absolute atomic E-state index is 0.0772. The molecule has 19 heavy (non-hydrogen) atoms. The van der Waals surface area contributed by atoms with E-state index in [0.717, 1.165) is 17.0 Å². The van der Waals surface area contributed by atoms with Crippen molar-refractivity contribution in [2.45, 2.75) is 0 Å². The Morgan fingerprint density at radius 2 is 2.05 bits per heavy atom. The van der Waals surface area contributed by atoms with Gasteiger partial charge < -0.3 is 15.1 Å². The Labute approximate surface area is 106 Å². The molecule has 6 nitrogen and oxygen atoms in total. The van der Waals surface area contributed by atoms with Crippen molar-refractivity contribution < 1.29 is 28.6 Å². The van der Waals surface area contributed by atoms with E-state index in [-0.39, 0.29) is 18.8 Å². The largest absolute Gasteiger partial charge is 0.465 e. The first-order chi connectivity index (χ1) is 8.97. The van der Waals surface area contributed by atoms with Crippen molar-refractivity contribution in [2.24, 2.45) is 0 Å². The molecule has 2 rings (SSSR count). The van der Waals surface area contributed by atoms with E-state index in [2.05, 4.69) is 0 Å². The zero-order valence-electron chi connectivity index (χ0n) is 9.64. The Balaban J connectivity index is 2.62. The van der Waals surface area contributed by atoms with Gasteiger partial charge in [0.1, 0.15) is 12.2 Å². The van der Waals surface area contributed by atoms with Gasteiger partial charge in [-0.05, 0) is 12.1 Å². The van der Waals surface area contributed by atoms with Crippen LogP contribution in [0.2, 0.25) is 0 Å². The Hall–Kier alpha value is -2.22. The zero-order valence-corrected chi connectivity index (χ0v) is 9.64. The number of carboxylic acid groups (broad SMARTS) is 1. The van der Waals surface area contributed by atoms with Gasteiger partial charge in [-0.15, -0.1) is 0 Å². The van der Waals surface area contributed by atoms with Crippen molar-refractivity contribution in [2.75, 3.05) is 29.5 Å². The molecular formula is C11H10F2N2O4. The monoisotopic (exact) mass is 272 g/mol. The number of rotatable bonds is 2. The highest BCUT2D eigenvalue weighted by Gasteiger charge is 2.35. The van der Waals surface area contributed by atoms with Crippen LogP contribution in [0.3, 0.4) is 0 Å². The maximum atomic E-state index is 13.8. The van der Waals surface area contributed by atoms with Crippen LogP contribution in [0.5, 0.6) is 0 Å². The normalized spacial score (nSPS) is 14.6. The summed E-state index contributed by atoms with van der Waals surface area (Å²) in [4.78, 5) is 24.2. The third-order valence-corrected chi connectivity index (χ3v) is 2.76. The fourth-order valence-electron chi connectivity index (χ4n) is 1.95. The van der Waals surface area contributed by atoms with Crippen LogP contribution in [0.15, 0.2) is 12.1 Å². The van der Waals surface area contributed by atoms with Gasteiger partial charge in [0.15, 0.2) is 11.6 Å². The molecule has 1 aromatic carbocycles. The SMILES string of the molecule is O=C1CN(C(=O)O)c2c(ccc(F)c2F)N1CCO. The number of aliphatic hydroxyl groups excluding tert-OH is 1. The molecule has 8 heteroatoms. The summed E-state index contributed by atoms with van der Waals surface area (Å²) >= 11 is 0. The molecule has 1 aromatic rings. The fourth-order valence-corrected chi connectivity index (χ4v) is 1.95. The lowest BCUT2D eigenvalue weighted by molar-refractivity contribution is -0.117. The quantitative estimate of drug-likeness (QED) is 0.834. The second-order valence-corrected chi connectivity index (χ2v) is 3.87. The summed E-state index contributed by atoms with van der Waals surface area (Å²) in [6.07, 6.45) is -1.55. The number of anilines is 2. The predicted octanol–water partition coefficient (Wildman–Crippen LogP) is 0.788. The molecule has 0 aliphatic carbocycles. The van der Waals surface area contributed by atoms with Gasteiger partial charge in [-0.3, -0.25) is 9.69 Å². The van der Waals surface area contributed by atoms with Crippen LogP contribution < -0.4 is 9.80 Å². The van der Waals surface area contributed by atoms with E-state index >= 15 is 0 Å². The summed E-state index contributed by atoms with van der Waals surface area (Å²) in [5.74, 6) is -3.16. The summed E-state index contributed by atoms with van der Waals surface area (Å²) in [6.45, 7) is -1.12. The minimum atomic E-state index is -1.55. The molecule has 0 atom stereocenters. The smallest absolute Gasteiger partial charge is 0.412 e. The van der Waals surface area contributed by atoms with Crippen LogP contribution in [-0.4, -0.2) is 41.9 Å². The molecule has 0 bridgehead atoms. The van der Waals surface area contributed by atoms with Gasteiger partial charge in [0.25, 0.3) is 0 Å². The first kappa shape index (κ1) is 13.2. The van der Waals surface area contributed by atoms with Gasteiger partial charge in [0.2, 0.25) is 5.91 Å². The fraction of sp³-hybridized carbons (Fsp3) is 0.273. The first-order valence-corrected chi connectivity index (χ1v) is 5.37. The number of halogens is 2. The number of aliphatic hydroxyl groups is 1. The first-order valence-electron chi connectivity index (χ1n) is 5.37. The average molecular weight is 272 g/mol. The maximum Gasteiger partial charge on any atom is 0.412 e. The molecule has 0 aromatic heterocycles. The molecule has 102 valence electrons. The van der Waals surface area contributed by atoms with Crippen LogP contribution >= 0.6 is 0 Å².